The number of rotatable bonds is 2. The topological polar surface area (TPSA) is 55.1 Å². The van der Waals surface area contributed by atoms with Gasteiger partial charge in [0.25, 0.3) is 0 Å². The van der Waals surface area contributed by atoms with Crippen LogP contribution < -0.4 is 0 Å². The van der Waals surface area contributed by atoms with Gasteiger partial charge in [0.05, 0.1) is 11.6 Å². The first kappa shape index (κ1) is 12.5. The van der Waals surface area contributed by atoms with E-state index < -0.39 is 0 Å². The number of pyridine rings is 1. The van der Waals surface area contributed by atoms with Gasteiger partial charge in [0.1, 0.15) is 0 Å². The van der Waals surface area contributed by atoms with E-state index >= 15 is 0 Å². The highest BCUT2D eigenvalue weighted by atomic mass is 16.5. The molecule has 5 heteroatoms. The Kier molecular flexibility index (Phi) is 2.93. The van der Waals surface area contributed by atoms with E-state index in [2.05, 4.69) is 33.1 Å². The Morgan fingerprint density at radius 2 is 2.24 bits per heavy atom. The molecule has 3 aromatic rings. The van der Waals surface area contributed by atoms with Crippen molar-refractivity contribution in [3.05, 3.63) is 42.4 Å². The summed E-state index contributed by atoms with van der Waals surface area (Å²) in [6.45, 7) is 1.09. The van der Waals surface area contributed by atoms with E-state index in [4.69, 9.17) is 4.52 Å². The first-order chi connectivity index (χ1) is 10.3. The highest BCUT2D eigenvalue weighted by Gasteiger charge is 2.27. The number of benzene rings is 1. The summed E-state index contributed by atoms with van der Waals surface area (Å²) in [6, 6.07) is 10.3. The molecule has 1 aromatic carbocycles. The third-order valence-electron chi connectivity index (χ3n) is 4.11. The molecule has 0 radical (unpaired) electrons. The molecule has 3 heterocycles. The van der Waals surface area contributed by atoms with E-state index in [1.807, 2.05) is 24.3 Å². The van der Waals surface area contributed by atoms with Crippen LogP contribution in [0, 0.1) is 0 Å². The number of nitrogens with zero attached hydrogens (tertiary/aromatic N) is 4. The van der Waals surface area contributed by atoms with E-state index in [1.165, 1.54) is 6.42 Å². The van der Waals surface area contributed by atoms with Crippen LogP contribution in [0.15, 0.2) is 41.1 Å². The van der Waals surface area contributed by atoms with Gasteiger partial charge in [-0.1, -0.05) is 11.2 Å². The van der Waals surface area contributed by atoms with Crippen molar-refractivity contribution in [3.8, 4) is 11.4 Å². The Morgan fingerprint density at radius 3 is 3.10 bits per heavy atom. The average molecular weight is 280 g/mol. The number of hydrogen-bond acceptors (Lipinski definition) is 5. The fourth-order valence-electron chi connectivity index (χ4n) is 2.92. The van der Waals surface area contributed by atoms with Gasteiger partial charge < -0.3 is 4.52 Å². The predicted molar refractivity (Wildman–Crippen MR) is 79.6 cm³/mol. The number of fused-ring (bicyclic) bond motifs is 1. The second-order valence-electron chi connectivity index (χ2n) is 5.51. The normalized spacial score (nSPS) is 19.4. The molecule has 0 spiro atoms. The minimum atomic E-state index is 0.258. The van der Waals surface area contributed by atoms with Gasteiger partial charge in [0.2, 0.25) is 11.7 Å². The molecule has 1 aliphatic rings. The zero-order chi connectivity index (χ0) is 14.2. The van der Waals surface area contributed by atoms with Gasteiger partial charge in [0.15, 0.2) is 0 Å². The average Bonchev–Trinajstić information content (AvgIpc) is 3.15. The van der Waals surface area contributed by atoms with Crippen molar-refractivity contribution in [2.24, 2.45) is 0 Å². The van der Waals surface area contributed by atoms with Crippen LogP contribution >= 0.6 is 0 Å². The SMILES string of the molecule is CN1CCC[C@H]1c1nc(-c2ccc3ncccc3c2)no1. The second-order valence-corrected chi connectivity index (χ2v) is 5.51. The van der Waals surface area contributed by atoms with Crippen molar-refractivity contribution in [1.29, 1.82) is 0 Å². The van der Waals surface area contributed by atoms with Crippen LogP contribution in [0.1, 0.15) is 24.8 Å². The molecule has 2 aromatic heterocycles. The first-order valence-electron chi connectivity index (χ1n) is 7.20. The molecule has 0 N–H and O–H groups in total. The lowest BCUT2D eigenvalue weighted by atomic mass is 10.1. The molecular weight excluding hydrogens is 264 g/mol. The van der Waals surface area contributed by atoms with Crippen LogP contribution in [0.3, 0.4) is 0 Å². The highest BCUT2D eigenvalue weighted by molar-refractivity contribution is 5.82. The van der Waals surface area contributed by atoms with Gasteiger partial charge in [-0.3, -0.25) is 9.88 Å². The Hall–Kier alpha value is -2.27. The molecule has 21 heavy (non-hydrogen) atoms. The highest BCUT2D eigenvalue weighted by Crippen LogP contribution is 2.30. The molecule has 0 saturated carbocycles. The molecule has 0 bridgehead atoms. The van der Waals surface area contributed by atoms with Crippen molar-refractivity contribution in [2.45, 2.75) is 18.9 Å². The number of aromatic nitrogens is 3. The minimum absolute atomic E-state index is 0.258. The largest absolute Gasteiger partial charge is 0.337 e. The van der Waals surface area contributed by atoms with Crippen LogP contribution in [-0.4, -0.2) is 33.6 Å². The van der Waals surface area contributed by atoms with E-state index in [-0.39, 0.29) is 6.04 Å². The molecule has 106 valence electrons. The third-order valence-corrected chi connectivity index (χ3v) is 4.11. The molecule has 1 saturated heterocycles. The van der Waals surface area contributed by atoms with Gasteiger partial charge in [-0.25, -0.2) is 0 Å². The summed E-state index contributed by atoms with van der Waals surface area (Å²) >= 11 is 0. The Morgan fingerprint density at radius 1 is 1.29 bits per heavy atom. The first-order valence-corrected chi connectivity index (χ1v) is 7.20. The second kappa shape index (κ2) is 4.93. The van der Waals surface area contributed by atoms with Crippen LogP contribution in [0.5, 0.6) is 0 Å². The van der Waals surface area contributed by atoms with E-state index in [9.17, 15) is 0 Å². The Bertz CT molecular complexity index is 783. The quantitative estimate of drug-likeness (QED) is 0.722. The van der Waals surface area contributed by atoms with Crippen LogP contribution in [0.2, 0.25) is 0 Å². The zero-order valence-corrected chi connectivity index (χ0v) is 11.9. The Balaban J connectivity index is 1.70. The molecule has 1 fully saturated rings. The molecule has 0 aliphatic carbocycles. The third kappa shape index (κ3) is 2.19. The molecule has 1 aliphatic heterocycles. The monoisotopic (exact) mass is 280 g/mol. The minimum Gasteiger partial charge on any atom is -0.337 e. The van der Waals surface area contributed by atoms with Gasteiger partial charge in [0, 0.05) is 17.1 Å². The number of hydrogen-bond donors (Lipinski definition) is 0. The van der Waals surface area contributed by atoms with Gasteiger partial charge >= 0.3 is 0 Å². The Labute approximate surface area is 122 Å². The van der Waals surface area contributed by atoms with Crippen LogP contribution in [0.4, 0.5) is 0 Å². The standard InChI is InChI=1S/C16H16N4O/c1-20-9-3-5-14(20)16-18-15(19-21-16)12-6-7-13-11(10-12)4-2-8-17-13/h2,4,6-8,10,14H,3,5,9H2,1H3/t14-/m0/s1. The summed E-state index contributed by atoms with van der Waals surface area (Å²) in [4.78, 5) is 11.2. The van der Waals surface area contributed by atoms with Crippen LogP contribution in [0.25, 0.3) is 22.3 Å². The summed E-state index contributed by atoms with van der Waals surface area (Å²) in [5, 5.41) is 5.22. The maximum atomic E-state index is 5.47. The van der Waals surface area contributed by atoms with Gasteiger partial charge in [-0.2, -0.15) is 4.98 Å². The smallest absolute Gasteiger partial charge is 0.244 e. The zero-order valence-electron chi connectivity index (χ0n) is 11.9. The molecule has 5 nitrogen and oxygen atoms in total. The predicted octanol–water partition coefficient (Wildman–Crippen LogP) is 3.05. The van der Waals surface area contributed by atoms with E-state index in [0.29, 0.717) is 5.82 Å². The molecule has 0 unspecified atom stereocenters. The van der Waals surface area contributed by atoms with Crippen molar-refractivity contribution < 1.29 is 4.52 Å². The molecule has 0 amide bonds. The van der Waals surface area contributed by atoms with Gasteiger partial charge in [-0.05, 0) is 50.7 Å². The van der Waals surface area contributed by atoms with Crippen molar-refractivity contribution in [1.82, 2.24) is 20.0 Å². The summed E-state index contributed by atoms with van der Waals surface area (Å²) in [6.07, 6.45) is 4.06. The summed E-state index contributed by atoms with van der Waals surface area (Å²) in [5.74, 6) is 1.37. The fourth-order valence-corrected chi connectivity index (χ4v) is 2.92. The molecular formula is C16H16N4O. The maximum Gasteiger partial charge on any atom is 0.244 e. The van der Waals surface area contributed by atoms with E-state index in [1.54, 1.807) is 6.20 Å². The summed E-state index contributed by atoms with van der Waals surface area (Å²) in [5.41, 5.74) is 1.94. The molecule has 4 rings (SSSR count). The number of likely N-dealkylation sites (tertiary alicyclic amines) is 1. The van der Waals surface area contributed by atoms with Crippen LogP contribution in [-0.2, 0) is 0 Å². The lowest BCUT2D eigenvalue weighted by molar-refractivity contribution is 0.245. The lowest BCUT2D eigenvalue weighted by Gasteiger charge is -2.14. The van der Waals surface area contributed by atoms with Crippen molar-refractivity contribution >= 4 is 10.9 Å². The van der Waals surface area contributed by atoms with Gasteiger partial charge in [-0.15, -0.1) is 0 Å². The fraction of sp³-hybridized carbons (Fsp3) is 0.312. The summed E-state index contributed by atoms with van der Waals surface area (Å²) in [7, 11) is 2.10. The van der Waals surface area contributed by atoms with Crippen molar-refractivity contribution in [3.63, 3.8) is 0 Å². The lowest BCUT2D eigenvalue weighted by Crippen LogP contribution is -2.17. The maximum absolute atomic E-state index is 5.47. The van der Waals surface area contributed by atoms with E-state index in [0.717, 1.165) is 35.3 Å². The van der Waals surface area contributed by atoms with Crippen molar-refractivity contribution in [2.75, 3.05) is 13.6 Å². The summed E-state index contributed by atoms with van der Waals surface area (Å²) < 4.78 is 5.47. The molecule has 1 atom stereocenters.